The zero-order valence-corrected chi connectivity index (χ0v) is 13.0. The first-order valence-electron chi connectivity index (χ1n) is 5.21. The van der Waals surface area contributed by atoms with Crippen molar-refractivity contribution in [3.8, 4) is 0 Å². The minimum absolute atomic E-state index is 1.01. The minimum Gasteiger partial charge on any atom is -0.790 e. The number of hydrogen-bond acceptors (Lipinski definition) is 13. The third kappa shape index (κ3) is 6.46. The first-order valence-corrected chi connectivity index (χ1v) is 9.59. The Kier molecular flexibility index (Phi) is 6.56. The molecule has 0 spiro atoms. The van der Waals surface area contributed by atoms with Gasteiger partial charge in [0.2, 0.25) is 0 Å². The molecule has 0 saturated carbocycles. The van der Waals surface area contributed by atoms with Crippen LogP contribution in [0.25, 0.3) is 0 Å². The van der Waals surface area contributed by atoms with Crippen LogP contribution in [0.3, 0.4) is 0 Å². The molecule has 0 amide bonds. The highest BCUT2D eigenvalue weighted by atomic mass is 31.3. The second kappa shape index (κ2) is 7.08. The fourth-order valence-electron chi connectivity index (χ4n) is 1.36. The van der Waals surface area contributed by atoms with Gasteiger partial charge >= 0.3 is 0 Å². The Morgan fingerprint density at radius 2 is 1.55 bits per heavy atom. The molecule has 0 aromatic heterocycles. The van der Waals surface area contributed by atoms with E-state index in [1.165, 1.54) is 0 Å². The summed E-state index contributed by atoms with van der Waals surface area (Å²) in [7, 11) is -12.6. The molecule has 2 radical (unpaired) electrons. The van der Waals surface area contributed by atoms with Gasteiger partial charge < -0.3 is 43.6 Å². The maximum atomic E-state index is 11.2. The van der Waals surface area contributed by atoms with Gasteiger partial charge in [0.25, 0.3) is 15.6 Å². The lowest BCUT2D eigenvalue weighted by molar-refractivity contribution is -0.339. The molecule has 0 aliphatic carbocycles. The predicted octanol–water partition coefficient (Wildman–Crippen LogP) is -4.58. The molecule has 0 bridgehead atoms. The lowest BCUT2D eigenvalue weighted by Crippen LogP contribution is -2.34. The summed E-state index contributed by atoms with van der Waals surface area (Å²) in [5.74, 6) is 0. The van der Waals surface area contributed by atoms with Crippen molar-refractivity contribution < 1.29 is 61.4 Å². The van der Waals surface area contributed by atoms with E-state index in [9.17, 15) is 43.5 Å². The molecule has 0 aromatic rings. The number of phosphoric acid groups is 3. The van der Waals surface area contributed by atoms with Crippen molar-refractivity contribution in [1.82, 2.24) is 0 Å². The molecule has 6 unspecified atom stereocenters. The second-order valence-electron chi connectivity index (χ2n) is 3.92. The van der Waals surface area contributed by atoms with Gasteiger partial charge in [0.05, 0.1) is 20.5 Å². The Labute approximate surface area is 124 Å². The Hall–Kier alpha value is 0.355. The maximum absolute atomic E-state index is 11.2. The molecule has 0 aromatic carbocycles. The van der Waals surface area contributed by atoms with E-state index in [4.69, 9.17) is 12.6 Å². The smallest absolute Gasteiger partial charge is 0.278 e. The van der Waals surface area contributed by atoms with Crippen LogP contribution in [0, 0.1) is 0 Å². The number of aliphatic hydroxyl groups excluding tert-OH is 2. The number of aliphatic hydroxyl groups is 2. The zero-order valence-electron chi connectivity index (χ0n) is 10.3. The van der Waals surface area contributed by atoms with E-state index in [-0.39, 0.29) is 0 Å². The molecule has 17 heteroatoms. The molecule has 22 heavy (non-hydrogen) atoms. The average molecular weight is 380 g/mol. The van der Waals surface area contributed by atoms with E-state index in [1.54, 1.807) is 0 Å². The fourth-order valence-corrected chi connectivity index (χ4v) is 4.23. The van der Waals surface area contributed by atoms with Crippen molar-refractivity contribution in [3.63, 3.8) is 0 Å². The maximum Gasteiger partial charge on any atom is 0.278 e. The van der Waals surface area contributed by atoms with Crippen LogP contribution in [-0.4, -0.2) is 49.0 Å². The molecular weight excluding hydrogens is 372 g/mol. The summed E-state index contributed by atoms with van der Waals surface area (Å²) in [6.07, 6.45) is -4.61. The standard InChI is InChI=1S/C5H12BO13P3/c6-5-4(8)3(7)2(17-5)1-16-21(12,13)19-22(14,15)18-20(9,10)11/h2-5,7-8H,1H2,(H,12,13)(H,14,15)(H2,9,10,11)/p-4. The SMILES string of the molecule is [B]C1OC(COP(=O)([O-])OP(=O)([O-])OP(=O)([O-])[O-])C(O)C1O. The molecule has 1 fully saturated rings. The number of phosphoric ester groups is 1. The largest absolute Gasteiger partial charge is 0.790 e. The van der Waals surface area contributed by atoms with Crippen LogP contribution in [0.15, 0.2) is 0 Å². The van der Waals surface area contributed by atoms with E-state index in [1.807, 2.05) is 0 Å². The van der Waals surface area contributed by atoms with Gasteiger partial charge in [-0.25, -0.2) is 4.31 Å². The molecule has 2 N–H and O–H groups in total. The lowest BCUT2D eigenvalue weighted by Gasteiger charge is -2.37. The van der Waals surface area contributed by atoms with Gasteiger partial charge in [-0.3, -0.25) is 13.4 Å². The minimum atomic E-state index is -6.07. The van der Waals surface area contributed by atoms with Crippen LogP contribution in [0.4, 0.5) is 0 Å². The van der Waals surface area contributed by atoms with Crippen LogP contribution in [0.2, 0.25) is 0 Å². The van der Waals surface area contributed by atoms with E-state index in [0.29, 0.717) is 0 Å². The first-order chi connectivity index (χ1) is 9.72. The molecule has 1 heterocycles. The van der Waals surface area contributed by atoms with Gasteiger partial charge in [-0.15, -0.1) is 0 Å². The van der Waals surface area contributed by atoms with E-state index >= 15 is 0 Å². The van der Waals surface area contributed by atoms with Crippen LogP contribution >= 0.6 is 23.5 Å². The van der Waals surface area contributed by atoms with E-state index in [0.717, 1.165) is 0 Å². The van der Waals surface area contributed by atoms with Crippen molar-refractivity contribution in [2.24, 2.45) is 0 Å². The highest BCUT2D eigenvalue weighted by Crippen LogP contribution is 2.60. The van der Waals surface area contributed by atoms with Crippen LogP contribution < -0.4 is 19.6 Å². The molecule has 6 atom stereocenters. The monoisotopic (exact) mass is 380 g/mol. The fraction of sp³-hybridized carbons (Fsp3) is 1.00. The third-order valence-electron chi connectivity index (χ3n) is 2.20. The Morgan fingerprint density at radius 1 is 1.00 bits per heavy atom. The van der Waals surface area contributed by atoms with Crippen molar-refractivity contribution in [3.05, 3.63) is 0 Å². The molecule has 128 valence electrons. The summed E-state index contributed by atoms with van der Waals surface area (Å²) in [5.41, 5.74) is 0. The molecule has 1 saturated heterocycles. The number of ether oxygens (including phenoxy) is 1. The van der Waals surface area contributed by atoms with Crippen molar-refractivity contribution in [1.29, 1.82) is 0 Å². The summed E-state index contributed by atoms with van der Waals surface area (Å²) < 4.78 is 47.0. The van der Waals surface area contributed by atoms with Crippen molar-refractivity contribution in [2.45, 2.75) is 24.3 Å². The van der Waals surface area contributed by atoms with E-state index < -0.39 is 54.4 Å². The van der Waals surface area contributed by atoms with Gasteiger partial charge in [-0.05, 0) is 0 Å². The zero-order chi connectivity index (χ0) is 17.3. The summed E-state index contributed by atoms with van der Waals surface area (Å²) >= 11 is 0. The van der Waals surface area contributed by atoms with Crippen LogP contribution in [0.5, 0.6) is 0 Å². The molecule has 1 rings (SSSR count). The quantitative estimate of drug-likeness (QED) is 0.314. The molecule has 13 nitrogen and oxygen atoms in total. The summed E-state index contributed by atoms with van der Waals surface area (Å²) in [6.45, 7) is -1.01. The normalized spacial score (nSPS) is 35.0. The predicted molar refractivity (Wildman–Crippen MR) is 57.4 cm³/mol. The third-order valence-corrected chi connectivity index (χ3v) is 5.86. The highest BCUT2D eigenvalue weighted by molar-refractivity contribution is 7.64. The molecule has 1 aliphatic heterocycles. The second-order valence-corrected chi connectivity index (χ2v) is 8.17. The van der Waals surface area contributed by atoms with Crippen molar-refractivity contribution >= 4 is 31.3 Å². The molecule has 1 aliphatic rings. The highest BCUT2D eigenvalue weighted by Gasteiger charge is 2.40. The van der Waals surface area contributed by atoms with Gasteiger partial charge in [0.1, 0.15) is 20.1 Å². The summed E-state index contributed by atoms with van der Waals surface area (Å²) in [6, 6.07) is -1.34. The van der Waals surface area contributed by atoms with Crippen molar-refractivity contribution in [2.75, 3.05) is 6.61 Å². The van der Waals surface area contributed by atoms with Gasteiger partial charge in [-0.2, -0.15) is 0 Å². The average Bonchev–Trinajstić information content (AvgIpc) is 2.49. The van der Waals surface area contributed by atoms with Gasteiger partial charge in [-0.1, -0.05) is 0 Å². The van der Waals surface area contributed by atoms with Crippen LogP contribution in [0.1, 0.15) is 0 Å². The Bertz CT molecular complexity index is 532. The topological polar surface area (TPSA) is 221 Å². The van der Waals surface area contributed by atoms with Gasteiger partial charge in [0, 0.05) is 6.00 Å². The summed E-state index contributed by atoms with van der Waals surface area (Å²) in [4.78, 5) is 42.2. The molecular formula is C5H8BO13P3-4. The summed E-state index contributed by atoms with van der Waals surface area (Å²) in [5, 5.41) is 18.6. The number of hydrogen-bond donors (Lipinski definition) is 2. The Morgan fingerprint density at radius 3 is 1.95 bits per heavy atom. The first kappa shape index (κ1) is 20.4. The number of rotatable bonds is 7. The lowest BCUT2D eigenvalue weighted by atomic mass is 9.93. The van der Waals surface area contributed by atoms with E-state index in [2.05, 4.69) is 13.1 Å². The Balaban J connectivity index is 2.60. The van der Waals surface area contributed by atoms with Gasteiger partial charge in [0.15, 0.2) is 0 Å². The van der Waals surface area contributed by atoms with Crippen LogP contribution in [-0.2, 0) is 31.6 Å².